The monoisotopic (exact) mass is 703 g/mol. The first-order valence-corrected chi connectivity index (χ1v) is 17.9. The highest BCUT2D eigenvalue weighted by molar-refractivity contribution is 7.07. The summed E-state index contributed by atoms with van der Waals surface area (Å²) in [5.41, 5.74) is 0.908. The zero-order valence-electron chi connectivity index (χ0n) is 28.8. The molecule has 4 amide bonds. The van der Waals surface area contributed by atoms with Crippen molar-refractivity contribution in [2.24, 2.45) is 5.92 Å². The zero-order chi connectivity index (χ0) is 36.0. The number of thiazole rings is 1. The molecule has 3 heterocycles. The lowest BCUT2D eigenvalue weighted by atomic mass is 9.92. The fraction of sp³-hybridized carbons (Fsp3) is 0.459. The van der Waals surface area contributed by atoms with Gasteiger partial charge in [-0.05, 0) is 56.6 Å². The van der Waals surface area contributed by atoms with Gasteiger partial charge in [0, 0.05) is 17.8 Å². The fourth-order valence-corrected chi connectivity index (χ4v) is 6.96. The fourth-order valence-electron chi connectivity index (χ4n) is 6.40. The highest BCUT2D eigenvalue weighted by Crippen LogP contribution is 2.30. The smallest absolute Gasteiger partial charge is 0.305 e. The molecule has 0 radical (unpaired) electrons. The number of likely N-dealkylation sites (tertiary alicyclic amines) is 1. The highest BCUT2D eigenvalue weighted by atomic mass is 32.1. The Kier molecular flexibility index (Phi) is 11.7. The number of nitrogens with one attached hydrogen (secondary N) is 4. The lowest BCUT2D eigenvalue weighted by Crippen LogP contribution is -2.57. The quantitative estimate of drug-likeness (QED) is 0.166. The average molecular weight is 704 g/mol. The van der Waals surface area contributed by atoms with Gasteiger partial charge in [-0.25, -0.2) is 0 Å². The number of nitrogens with zero attached hydrogens (tertiary/aromatic N) is 1. The molecule has 0 saturated carbocycles. The molecule has 2 aromatic carbocycles. The van der Waals surface area contributed by atoms with Crippen LogP contribution in [-0.2, 0) is 36.8 Å². The van der Waals surface area contributed by atoms with Crippen molar-refractivity contribution in [1.29, 1.82) is 0 Å². The third-order valence-corrected chi connectivity index (χ3v) is 9.89. The summed E-state index contributed by atoms with van der Waals surface area (Å²) in [5.74, 6) is -2.13. The van der Waals surface area contributed by atoms with E-state index >= 15 is 0 Å². The summed E-state index contributed by atoms with van der Waals surface area (Å²) < 4.78 is 5.41. The Hall–Kier alpha value is -4.62. The molecule has 0 aliphatic carbocycles. The van der Waals surface area contributed by atoms with E-state index in [4.69, 9.17) is 4.74 Å². The van der Waals surface area contributed by atoms with E-state index in [9.17, 15) is 28.8 Å². The van der Waals surface area contributed by atoms with Gasteiger partial charge in [0.25, 0.3) is 5.91 Å². The van der Waals surface area contributed by atoms with Crippen molar-refractivity contribution in [3.05, 3.63) is 92.5 Å². The van der Waals surface area contributed by atoms with Gasteiger partial charge in [0.2, 0.25) is 17.7 Å². The average Bonchev–Trinajstić information content (AvgIpc) is 3.59. The number of epoxide rings is 1. The van der Waals surface area contributed by atoms with Gasteiger partial charge < -0.3 is 30.6 Å². The van der Waals surface area contributed by atoms with E-state index in [-0.39, 0.29) is 36.7 Å². The number of rotatable bonds is 16. The molecule has 2 aliphatic heterocycles. The van der Waals surface area contributed by atoms with E-state index < -0.39 is 64.3 Å². The topological polar surface area (TPSA) is 170 Å². The standard InChI is InChI=1S/C37H45N5O7S/c1-22(2)17-27(31(43)37(4)21-49-37)39-34(46)30(19-25-13-9-6-10-14-25)42-23(3)18-28(35(42)47)40-32(44)26(16-15-24-11-7-5-8-12-24)38-33(45)29-20-50-36(48)41-29/h5-14,20,22-23,26-28,30H,15-19,21H2,1-4H3,(H,38,45)(H,39,46)(H,40,44)(H,41,48)/t23?,26-,27-,28-,30-,37?/m0/s1. The van der Waals surface area contributed by atoms with Crippen LogP contribution in [0.5, 0.6) is 0 Å². The van der Waals surface area contributed by atoms with Gasteiger partial charge in [0.05, 0.1) is 12.6 Å². The van der Waals surface area contributed by atoms with Crippen LogP contribution < -0.4 is 20.8 Å². The number of hydrogen-bond donors (Lipinski definition) is 4. The van der Waals surface area contributed by atoms with Crippen molar-refractivity contribution in [1.82, 2.24) is 25.8 Å². The van der Waals surface area contributed by atoms with Crippen molar-refractivity contribution >= 4 is 40.7 Å². The van der Waals surface area contributed by atoms with Crippen LogP contribution in [-0.4, -0.2) is 81.7 Å². The summed E-state index contributed by atoms with van der Waals surface area (Å²) in [4.78, 5) is 83.6. The summed E-state index contributed by atoms with van der Waals surface area (Å²) in [6.45, 7) is 7.78. The Bertz CT molecular complexity index is 1740. The van der Waals surface area contributed by atoms with E-state index in [1.807, 2.05) is 81.4 Å². The van der Waals surface area contributed by atoms with Gasteiger partial charge in [-0.2, -0.15) is 0 Å². The van der Waals surface area contributed by atoms with Crippen LogP contribution in [0.1, 0.15) is 68.6 Å². The van der Waals surface area contributed by atoms with E-state index in [0.717, 1.165) is 22.5 Å². The molecule has 6 atom stereocenters. The third-order valence-electron chi connectivity index (χ3n) is 9.22. The molecule has 13 heteroatoms. The van der Waals surface area contributed by atoms with Crippen LogP contribution in [0.25, 0.3) is 0 Å². The number of carbonyl (C=O) groups excluding carboxylic acids is 5. The molecule has 1 aromatic heterocycles. The van der Waals surface area contributed by atoms with Gasteiger partial charge in [0.1, 0.15) is 29.4 Å². The minimum Gasteiger partial charge on any atom is -0.361 e. The normalized spacial score (nSPS) is 21.7. The number of aryl methyl sites for hydroxylation is 1. The highest BCUT2D eigenvalue weighted by Gasteiger charge is 2.51. The second-order valence-corrected chi connectivity index (χ2v) is 14.6. The van der Waals surface area contributed by atoms with Crippen molar-refractivity contribution in [3.8, 4) is 0 Å². The minimum absolute atomic E-state index is 0.0421. The molecular formula is C37H45N5O7S. The van der Waals surface area contributed by atoms with Crippen molar-refractivity contribution < 1.29 is 28.7 Å². The first-order chi connectivity index (χ1) is 23.8. The number of benzene rings is 2. The van der Waals surface area contributed by atoms with Gasteiger partial charge in [0.15, 0.2) is 5.78 Å². The predicted octanol–water partition coefficient (Wildman–Crippen LogP) is 2.77. The number of aromatic nitrogens is 1. The predicted molar refractivity (Wildman–Crippen MR) is 188 cm³/mol. The second kappa shape index (κ2) is 15.9. The van der Waals surface area contributed by atoms with Crippen LogP contribution in [0.15, 0.2) is 70.8 Å². The number of ether oxygens (including phenoxy) is 1. The van der Waals surface area contributed by atoms with E-state index in [0.29, 0.717) is 19.4 Å². The molecule has 12 nitrogen and oxygen atoms in total. The van der Waals surface area contributed by atoms with Crippen LogP contribution in [0.4, 0.5) is 0 Å². The molecule has 266 valence electrons. The maximum Gasteiger partial charge on any atom is 0.305 e. The zero-order valence-corrected chi connectivity index (χ0v) is 29.6. The maximum absolute atomic E-state index is 14.1. The number of ketones is 1. The maximum atomic E-state index is 14.1. The third kappa shape index (κ3) is 9.13. The van der Waals surface area contributed by atoms with E-state index in [1.54, 1.807) is 6.92 Å². The van der Waals surface area contributed by atoms with Crippen molar-refractivity contribution in [3.63, 3.8) is 0 Å². The number of Topliss-reactive ketones (excluding diaryl/α,β-unsaturated/α-hetero) is 1. The summed E-state index contributed by atoms with van der Waals surface area (Å²) in [6.07, 6.45) is 1.57. The Labute approximate surface area is 295 Å². The summed E-state index contributed by atoms with van der Waals surface area (Å²) >= 11 is 0.842. The lowest BCUT2D eigenvalue weighted by Gasteiger charge is -2.33. The van der Waals surface area contributed by atoms with Gasteiger partial charge in [-0.3, -0.25) is 28.8 Å². The molecule has 3 aromatic rings. The molecule has 0 spiro atoms. The molecule has 0 bridgehead atoms. The number of H-pyrrole nitrogens is 1. The molecule has 50 heavy (non-hydrogen) atoms. The summed E-state index contributed by atoms with van der Waals surface area (Å²) in [7, 11) is 0. The lowest BCUT2D eigenvalue weighted by molar-refractivity contribution is -0.142. The first-order valence-electron chi connectivity index (χ1n) is 17.0. The molecule has 5 rings (SSSR count). The number of carbonyl (C=O) groups is 5. The Morgan fingerprint density at radius 2 is 1.60 bits per heavy atom. The SMILES string of the molecule is CC(C)C[C@H](NC(=O)[C@H](Cc1ccccc1)N1C(=O)[C@@H](NC(=O)[C@H](CCc2ccccc2)NC(=O)c2csc(=O)[nH]2)CC1C)C(=O)C1(C)CO1. The Balaban J connectivity index is 1.34. The van der Waals surface area contributed by atoms with Crippen LogP contribution in [0.2, 0.25) is 0 Å². The van der Waals surface area contributed by atoms with E-state index in [1.165, 1.54) is 10.3 Å². The molecule has 2 fully saturated rings. The molecule has 2 saturated heterocycles. The van der Waals surface area contributed by atoms with Gasteiger partial charge >= 0.3 is 4.87 Å². The largest absolute Gasteiger partial charge is 0.361 e. The van der Waals surface area contributed by atoms with Crippen molar-refractivity contribution in [2.75, 3.05) is 6.61 Å². The van der Waals surface area contributed by atoms with Gasteiger partial charge in [-0.15, -0.1) is 0 Å². The second-order valence-electron chi connectivity index (χ2n) is 13.8. The van der Waals surface area contributed by atoms with Crippen LogP contribution in [0, 0.1) is 5.92 Å². The summed E-state index contributed by atoms with van der Waals surface area (Å²) in [6, 6.07) is 14.7. The number of aromatic amines is 1. The minimum atomic E-state index is -1.01. The van der Waals surface area contributed by atoms with E-state index in [2.05, 4.69) is 20.9 Å². The summed E-state index contributed by atoms with van der Waals surface area (Å²) in [5, 5.41) is 9.91. The molecular weight excluding hydrogens is 659 g/mol. The number of amides is 4. The van der Waals surface area contributed by atoms with Crippen LogP contribution in [0.3, 0.4) is 0 Å². The molecule has 2 unspecified atom stereocenters. The Morgan fingerprint density at radius 1 is 0.960 bits per heavy atom. The number of hydrogen-bond acceptors (Lipinski definition) is 8. The van der Waals surface area contributed by atoms with Gasteiger partial charge in [-0.1, -0.05) is 85.8 Å². The molecule has 4 N–H and O–H groups in total. The van der Waals surface area contributed by atoms with Crippen LogP contribution >= 0.6 is 11.3 Å². The Morgan fingerprint density at radius 3 is 2.18 bits per heavy atom. The molecule has 2 aliphatic rings. The first kappa shape index (κ1) is 36.7. The van der Waals surface area contributed by atoms with Crippen molar-refractivity contribution in [2.45, 2.75) is 95.6 Å².